The molecular weight excluding hydrogens is 428 g/mol. The number of anilines is 3. The number of nitrogens with zero attached hydrogens (tertiary/aromatic N) is 2. The number of nitrogen functional groups attached to an aromatic ring is 2. The minimum atomic E-state index is -0.314. The molecule has 0 unspecified atom stereocenters. The number of fused-ring (bicyclic) bond motifs is 1. The summed E-state index contributed by atoms with van der Waals surface area (Å²) in [4.78, 5) is 26.6. The quantitative estimate of drug-likeness (QED) is 0.201. The number of para-hydroxylation sites is 1. The Bertz CT molecular complexity index is 1400. The summed E-state index contributed by atoms with van der Waals surface area (Å²) in [6.07, 6.45) is 5.59. The third-order valence-electron chi connectivity index (χ3n) is 6.53. The smallest absolute Gasteiger partial charge is 0.279 e. The van der Waals surface area contributed by atoms with E-state index in [9.17, 15) is 9.59 Å². The molecule has 34 heavy (non-hydrogen) atoms. The van der Waals surface area contributed by atoms with Crippen molar-refractivity contribution in [3.8, 4) is 5.69 Å². The third kappa shape index (κ3) is 3.92. The van der Waals surface area contributed by atoms with Gasteiger partial charge in [0.25, 0.3) is 11.5 Å². The highest BCUT2D eigenvalue weighted by atomic mass is 16.2. The van der Waals surface area contributed by atoms with Crippen molar-refractivity contribution in [2.45, 2.75) is 38.1 Å². The highest BCUT2D eigenvalue weighted by Gasteiger charge is 2.24. The normalized spacial score (nSPS) is 14.3. The fourth-order valence-corrected chi connectivity index (χ4v) is 4.84. The fraction of sp³-hybridized carbons (Fsp3) is 0.231. The van der Waals surface area contributed by atoms with E-state index in [1.54, 1.807) is 35.0 Å². The van der Waals surface area contributed by atoms with Gasteiger partial charge in [-0.2, -0.15) is 0 Å². The first-order valence-electron chi connectivity index (χ1n) is 11.6. The zero-order chi connectivity index (χ0) is 23.7. The van der Waals surface area contributed by atoms with E-state index in [1.165, 1.54) is 6.42 Å². The van der Waals surface area contributed by atoms with E-state index in [-0.39, 0.29) is 17.5 Å². The van der Waals surface area contributed by atoms with Crippen LogP contribution in [0.4, 0.5) is 17.1 Å². The molecule has 0 aliphatic heterocycles. The van der Waals surface area contributed by atoms with Crippen molar-refractivity contribution in [2.75, 3.05) is 16.5 Å². The number of benzene rings is 3. The van der Waals surface area contributed by atoms with Gasteiger partial charge in [-0.05, 0) is 61.4 Å². The second kappa shape index (κ2) is 9.07. The zero-order valence-corrected chi connectivity index (χ0v) is 18.8. The van der Waals surface area contributed by atoms with Gasteiger partial charge in [0, 0.05) is 11.3 Å². The maximum Gasteiger partial charge on any atom is 0.279 e. The van der Waals surface area contributed by atoms with Crippen molar-refractivity contribution in [1.82, 2.24) is 9.36 Å². The third-order valence-corrected chi connectivity index (χ3v) is 6.53. The van der Waals surface area contributed by atoms with Crippen LogP contribution in [0.3, 0.4) is 0 Å². The highest BCUT2D eigenvalue weighted by molar-refractivity contribution is 6.06. The zero-order valence-electron chi connectivity index (χ0n) is 18.8. The predicted molar refractivity (Wildman–Crippen MR) is 136 cm³/mol. The van der Waals surface area contributed by atoms with Gasteiger partial charge in [0.2, 0.25) is 0 Å². The molecule has 0 saturated heterocycles. The SMILES string of the molecule is NNc1ccc(NC(=O)c2ccc3c(c2)c(=O)n(-c2ccccc2)n3C2CCCCC2)cc1N. The van der Waals surface area contributed by atoms with Gasteiger partial charge in [0.1, 0.15) is 0 Å². The summed E-state index contributed by atoms with van der Waals surface area (Å²) in [5.41, 5.74) is 11.9. The van der Waals surface area contributed by atoms with Gasteiger partial charge >= 0.3 is 0 Å². The number of hydrazine groups is 1. The largest absolute Gasteiger partial charge is 0.397 e. The van der Waals surface area contributed by atoms with Crippen LogP contribution in [-0.2, 0) is 0 Å². The molecule has 4 aromatic rings. The average molecular weight is 457 g/mol. The number of hydrogen-bond acceptors (Lipinski definition) is 5. The predicted octanol–water partition coefficient (Wildman–Crippen LogP) is 4.42. The number of amides is 1. The van der Waals surface area contributed by atoms with Crippen LogP contribution in [0, 0.1) is 0 Å². The van der Waals surface area contributed by atoms with Crippen LogP contribution in [0.15, 0.2) is 71.5 Å². The second-order valence-corrected chi connectivity index (χ2v) is 8.72. The van der Waals surface area contributed by atoms with Gasteiger partial charge in [0.15, 0.2) is 0 Å². The second-order valence-electron chi connectivity index (χ2n) is 8.72. The summed E-state index contributed by atoms with van der Waals surface area (Å²) in [6, 6.07) is 20.3. The maximum atomic E-state index is 13.6. The lowest BCUT2D eigenvalue weighted by atomic mass is 9.95. The van der Waals surface area contributed by atoms with E-state index in [4.69, 9.17) is 11.6 Å². The highest BCUT2D eigenvalue weighted by Crippen LogP contribution is 2.32. The minimum absolute atomic E-state index is 0.121. The van der Waals surface area contributed by atoms with Gasteiger partial charge in [-0.15, -0.1) is 0 Å². The molecule has 0 bridgehead atoms. The molecule has 3 aromatic carbocycles. The molecule has 0 atom stereocenters. The Balaban J connectivity index is 1.56. The van der Waals surface area contributed by atoms with Crippen LogP contribution in [0.1, 0.15) is 48.5 Å². The molecule has 8 nitrogen and oxygen atoms in total. The molecule has 1 aliphatic rings. The van der Waals surface area contributed by atoms with Crippen molar-refractivity contribution in [1.29, 1.82) is 0 Å². The molecule has 174 valence electrons. The van der Waals surface area contributed by atoms with Crippen LogP contribution < -0.4 is 27.9 Å². The Labute approximate surface area is 197 Å². The molecule has 1 amide bonds. The van der Waals surface area contributed by atoms with Crippen molar-refractivity contribution in [3.63, 3.8) is 0 Å². The minimum Gasteiger partial charge on any atom is -0.397 e. The number of carbonyl (C=O) groups is 1. The molecule has 0 spiro atoms. The summed E-state index contributed by atoms with van der Waals surface area (Å²) >= 11 is 0. The molecule has 5 rings (SSSR count). The number of hydrogen-bond donors (Lipinski definition) is 4. The summed E-state index contributed by atoms with van der Waals surface area (Å²) < 4.78 is 3.90. The number of carbonyl (C=O) groups excluding carboxylic acids is 1. The molecule has 1 aromatic heterocycles. The van der Waals surface area contributed by atoms with Gasteiger partial charge in [-0.1, -0.05) is 37.5 Å². The lowest BCUT2D eigenvalue weighted by Crippen LogP contribution is -2.25. The van der Waals surface area contributed by atoms with Crippen molar-refractivity contribution >= 4 is 33.9 Å². The molecule has 1 fully saturated rings. The average Bonchev–Trinajstić information content (AvgIpc) is 3.17. The van der Waals surface area contributed by atoms with Crippen LogP contribution in [0.2, 0.25) is 0 Å². The molecule has 1 aliphatic carbocycles. The Kier molecular flexibility index (Phi) is 5.81. The molecule has 8 heteroatoms. The first-order valence-corrected chi connectivity index (χ1v) is 11.6. The fourth-order valence-electron chi connectivity index (χ4n) is 4.84. The van der Waals surface area contributed by atoms with Crippen LogP contribution in [-0.4, -0.2) is 15.3 Å². The van der Waals surface area contributed by atoms with Crippen LogP contribution in [0.25, 0.3) is 16.6 Å². The lowest BCUT2D eigenvalue weighted by Gasteiger charge is -2.26. The summed E-state index contributed by atoms with van der Waals surface area (Å²) in [5, 5.41) is 3.38. The lowest BCUT2D eigenvalue weighted by molar-refractivity contribution is 0.102. The van der Waals surface area contributed by atoms with Gasteiger partial charge in [-0.25, -0.2) is 4.68 Å². The van der Waals surface area contributed by atoms with Gasteiger partial charge < -0.3 is 16.5 Å². The Hall–Kier alpha value is -4.04. The van der Waals surface area contributed by atoms with E-state index in [1.807, 2.05) is 36.4 Å². The summed E-state index contributed by atoms with van der Waals surface area (Å²) in [5.74, 6) is 5.11. The number of aromatic nitrogens is 2. The van der Waals surface area contributed by atoms with E-state index in [0.717, 1.165) is 36.9 Å². The number of rotatable bonds is 5. The van der Waals surface area contributed by atoms with Crippen molar-refractivity contribution in [3.05, 3.63) is 82.6 Å². The molecule has 1 saturated carbocycles. The Morgan fingerprint density at radius 3 is 2.41 bits per heavy atom. The maximum absolute atomic E-state index is 13.6. The monoisotopic (exact) mass is 456 g/mol. The molecular formula is C26H28N6O2. The summed E-state index contributed by atoms with van der Waals surface area (Å²) in [6.45, 7) is 0. The summed E-state index contributed by atoms with van der Waals surface area (Å²) in [7, 11) is 0. The Morgan fingerprint density at radius 2 is 1.71 bits per heavy atom. The first-order chi connectivity index (χ1) is 16.6. The van der Waals surface area contributed by atoms with Crippen LogP contribution >= 0.6 is 0 Å². The van der Waals surface area contributed by atoms with Gasteiger partial charge in [0.05, 0.1) is 34.0 Å². The molecule has 0 radical (unpaired) electrons. The Morgan fingerprint density at radius 1 is 0.941 bits per heavy atom. The first kappa shape index (κ1) is 21.8. The number of nitrogens with one attached hydrogen (secondary N) is 2. The van der Waals surface area contributed by atoms with E-state index >= 15 is 0 Å². The molecule has 6 N–H and O–H groups in total. The standard InChI is InChI=1S/C26H28N6O2/c27-22-16-18(12-13-23(22)30-28)29-25(33)17-11-14-24-21(15-17)26(34)32(20-9-5-2-6-10-20)31(24)19-7-3-1-4-8-19/h2,5-6,9-16,19,30H,1,3-4,7-8,27-28H2,(H,29,33). The van der Waals surface area contributed by atoms with E-state index in [2.05, 4.69) is 15.4 Å². The van der Waals surface area contributed by atoms with E-state index < -0.39 is 0 Å². The van der Waals surface area contributed by atoms with Crippen molar-refractivity contribution in [2.24, 2.45) is 5.84 Å². The number of nitrogens with two attached hydrogens (primary N) is 2. The van der Waals surface area contributed by atoms with E-state index in [0.29, 0.717) is 28.0 Å². The van der Waals surface area contributed by atoms with Gasteiger partial charge in [-0.3, -0.25) is 20.1 Å². The molecule has 1 heterocycles. The van der Waals surface area contributed by atoms with Crippen molar-refractivity contribution < 1.29 is 4.79 Å². The van der Waals surface area contributed by atoms with Crippen LogP contribution in [0.5, 0.6) is 0 Å². The topological polar surface area (TPSA) is 120 Å².